The summed E-state index contributed by atoms with van der Waals surface area (Å²) >= 11 is 1.75. The molecule has 0 spiro atoms. The maximum Gasteiger partial charge on any atom is 0.191 e. The van der Waals surface area contributed by atoms with Crippen molar-refractivity contribution in [1.29, 1.82) is 0 Å². The Morgan fingerprint density at radius 3 is 2.62 bits per heavy atom. The quantitative estimate of drug-likeness (QED) is 0.346. The molecule has 2 rings (SSSR count). The second-order valence-corrected chi connectivity index (χ2v) is 8.24. The van der Waals surface area contributed by atoms with Gasteiger partial charge in [-0.1, -0.05) is 13.8 Å². The summed E-state index contributed by atoms with van der Waals surface area (Å²) in [6.07, 6.45) is 0.913. The molecule has 26 heavy (non-hydrogen) atoms. The first-order valence-corrected chi connectivity index (χ1v) is 10.0. The first-order chi connectivity index (χ1) is 11.9. The summed E-state index contributed by atoms with van der Waals surface area (Å²) in [6.45, 7) is 14.2. The summed E-state index contributed by atoms with van der Waals surface area (Å²) in [6, 6.07) is 0. The Balaban J connectivity index is 0.00000338. The molecule has 150 valence electrons. The number of nitrogens with zero attached hydrogens (tertiary/aromatic N) is 3. The van der Waals surface area contributed by atoms with Crippen molar-refractivity contribution in [2.45, 2.75) is 45.6 Å². The van der Waals surface area contributed by atoms with Gasteiger partial charge in [0.2, 0.25) is 0 Å². The van der Waals surface area contributed by atoms with Crippen LogP contribution in [0.25, 0.3) is 0 Å². The van der Waals surface area contributed by atoms with Crippen molar-refractivity contribution in [3.05, 3.63) is 16.1 Å². The topological polar surface area (TPSA) is 61.8 Å². The van der Waals surface area contributed by atoms with E-state index in [1.807, 2.05) is 7.05 Å². The molecule has 1 aliphatic heterocycles. The fourth-order valence-electron chi connectivity index (χ4n) is 2.81. The molecule has 8 heteroatoms. The van der Waals surface area contributed by atoms with E-state index >= 15 is 0 Å². The minimum absolute atomic E-state index is 0. The number of morpholine rings is 1. The van der Waals surface area contributed by atoms with Gasteiger partial charge in [-0.25, -0.2) is 4.98 Å². The fraction of sp³-hybridized carbons (Fsp3) is 0.778. The van der Waals surface area contributed by atoms with Crippen LogP contribution < -0.4 is 10.6 Å². The summed E-state index contributed by atoms with van der Waals surface area (Å²) in [5, 5.41) is 10.2. The molecular weight excluding hydrogens is 461 g/mol. The number of nitrogens with one attached hydrogen (secondary N) is 2. The summed E-state index contributed by atoms with van der Waals surface area (Å²) in [4.78, 5) is 11.5. The zero-order chi connectivity index (χ0) is 18.3. The van der Waals surface area contributed by atoms with E-state index in [-0.39, 0.29) is 29.5 Å². The largest absolute Gasteiger partial charge is 0.379 e. The van der Waals surface area contributed by atoms with E-state index in [1.54, 1.807) is 11.3 Å². The summed E-state index contributed by atoms with van der Waals surface area (Å²) in [5.41, 5.74) is 1.23. The van der Waals surface area contributed by atoms with E-state index in [2.05, 4.69) is 58.6 Å². The number of rotatable bonds is 7. The minimum atomic E-state index is 0. The number of aromatic nitrogens is 1. The van der Waals surface area contributed by atoms with Crippen LogP contribution in [0.2, 0.25) is 0 Å². The molecule has 6 nitrogen and oxygen atoms in total. The molecule has 1 fully saturated rings. The molecule has 0 saturated carbocycles. The van der Waals surface area contributed by atoms with Crippen molar-refractivity contribution in [3.8, 4) is 0 Å². The second kappa shape index (κ2) is 11.4. The van der Waals surface area contributed by atoms with Gasteiger partial charge in [0.25, 0.3) is 0 Å². The van der Waals surface area contributed by atoms with Gasteiger partial charge in [-0.2, -0.15) is 0 Å². The standard InChI is InChI=1S/C18H33N5OS.HI/c1-14(2)16-22-15(12-25-16)6-7-20-17(19-5)21-13-18(3,4)23-8-10-24-11-9-23;/h12,14H,6-11,13H2,1-5H3,(H2,19,20,21);1H. The predicted molar refractivity (Wildman–Crippen MR) is 121 cm³/mol. The van der Waals surface area contributed by atoms with E-state index in [9.17, 15) is 0 Å². The first kappa shape index (κ1) is 23.6. The molecule has 1 saturated heterocycles. The van der Waals surface area contributed by atoms with Gasteiger partial charge in [-0.3, -0.25) is 9.89 Å². The van der Waals surface area contributed by atoms with E-state index in [0.29, 0.717) is 5.92 Å². The SMILES string of the molecule is CN=C(NCCc1csc(C(C)C)n1)NCC(C)(C)N1CCOCC1.I. The monoisotopic (exact) mass is 495 g/mol. The maximum absolute atomic E-state index is 5.45. The van der Waals surface area contributed by atoms with Crippen LogP contribution in [0.4, 0.5) is 0 Å². The van der Waals surface area contributed by atoms with Crippen LogP contribution in [0.15, 0.2) is 10.4 Å². The van der Waals surface area contributed by atoms with Crippen molar-refractivity contribution in [2.24, 2.45) is 4.99 Å². The maximum atomic E-state index is 5.45. The second-order valence-electron chi connectivity index (χ2n) is 7.35. The minimum Gasteiger partial charge on any atom is -0.379 e. The van der Waals surface area contributed by atoms with Gasteiger partial charge in [-0.15, -0.1) is 35.3 Å². The van der Waals surface area contributed by atoms with Crippen molar-refractivity contribution >= 4 is 41.3 Å². The Labute approximate surface area is 179 Å². The molecule has 0 unspecified atom stereocenters. The Hall–Kier alpha value is -0.450. The van der Waals surface area contributed by atoms with Crippen molar-refractivity contribution < 1.29 is 4.74 Å². The lowest BCUT2D eigenvalue weighted by atomic mass is 10.0. The van der Waals surface area contributed by atoms with E-state index in [0.717, 1.165) is 57.5 Å². The Kier molecular flexibility index (Phi) is 10.3. The normalized spacial score (nSPS) is 16.5. The summed E-state index contributed by atoms with van der Waals surface area (Å²) < 4.78 is 5.45. The number of hydrogen-bond acceptors (Lipinski definition) is 5. The molecule has 1 aromatic heterocycles. The third-order valence-electron chi connectivity index (χ3n) is 4.52. The van der Waals surface area contributed by atoms with Crippen molar-refractivity contribution in [2.75, 3.05) is 46.4 Å². The molecule has 0 aliphatic carbocycles. The van der Waals surface area contributed by atoms with Crippen molar-refractivity contribution in [3.63, 3.8) is 0 Å². The molecule has 0 amide bonds. The molecule has 1 aliphatic rings. The summed E-state index contributed by atoms with van der Waals surface area (Å²) in [7, 11) is 1.82. The fourth-order valence-corrected chi connectivity index (χ4v) is 3.68. The average molecular weight is 495 g/mol. The lowest BCUT2D eigenvalue weighted by Crippen LogP contribution is -2.56. The Morgan fingerprint density at radius 2 is 2.04 bits per heavy atom. The highest BCUT2D eigenvalue weighted by Crippen LogP contribution is 2.19. The van der Waals surface area contributed by atoms with Gasteiger partial charge in [0.05, 0.1) is 23.9 Å². The van der Waals surface area contributed by atoms with Crippen LogP contribution in [0.1, 0.15) is 44.3 Å². The van der Waals surface area contributed by atoms with Crippen LogP contribution in [0.5, 0.6) is 0 Å². The number of guanidine groups is 1. The van der Waals surface area contributed by atoms with Gasteiger partial charge in [0.15, 0.2) is 5.96 Å². The Morgan fingerprint density at radius 1 is 1.35 bits per heavy atom. The zero-order valence-electron chi connectivity index (χ0n) is 16.7. The molecule has 0 radical (unpaired) electrons. The van der Waals surface area contributed by atoms with Crippen LogP contribution in [-0.2, 0) is 11.2 Å². The zero-order valence-corrected chi connectivity index (χ0v) is 19.8. The van der Waals surface area contributed by atoms with Gasteiger partial charge in [-0.05, 0) is 13.8 Å². The highest BCUT2D eigenvalue weighted by Gasteiger charge is 2.28. The molecule has 2 N–H and O–H groups in total. The molecule has 0 atom stereocenters. The van der Waals surface area contributed by atoms with Gasteiger partial charge >= 0.3 is 0 Å². The number of ether oxygens (including phenoxy) is 1. The van der Waals surface area contributed by atoms with Crippen molar-refractivity contribution in [1.82, 2.24) is 20.5 Å². The number of aliphatic imine (C=N–C) groups is 1. The highest BCUT2D eigenvalue weighted by molar-refractivity contribution is 14.0. The molecular formula is C18H34IN5OS. The predicted octanol–water partition coefficient (Wildman–Crippen LogP) is 2.70. The van der Waals surface area contributed by atoms with Gasteiger partial charge in [0.1, 0.15) is 0 Å². The van der Waals surface area contributed by atoms with Crippen LogP contribution in [0, 0.1) is 0 Å². The highest BCUT2D eigenvalue weighted by atomic mass is 127. The smallest absolute Gasteiger partial charge is 0.191 e. The van der Waals surface area contributed by atoms with E-state index < -0.39 is 0 Å². The molecule has 0 aromatic carbocycles. The number of hydrogen-bond donors (Lipinski definition) is 2. The lowest BCUT2D eigenvalue weighted by Gasteiger charge is -2.41. The van der Waals surface area contributed by atoms with Crippen LogP contribution >= 0.6 is 35.3 Å². The summed E-state index contributed by atoms with van der Waals surface area (Å²) in [5.74, 6) is 1.35. The Bertz CT molecular complexity index is 556. The van der Waals surface area contributed by atoms with Crippen LogP contribution in [-0.4, -0.2) is 67.8 Å². The third-order valence-corrected chi connectivity index (χ3v) is 5.71. The first-order valence-electron chi connectivity index (χ1n) is 9.14. The van der Waals surface area contributed by atoms with Crippen LogP contribution in [0.3, 0.4) is 0 Å². The molecule has 0 bridgehead atoms. The van der Waals surface area contributed by atoms with Gasteiger partial charge in [0, 0.05) is 56.5 Å². The number of halogens is 1. The third kappa shape index (κ3) is 7.28. The van der Waals surface area contributed by atoms with E-state index in [4.69, 9.17) is 4.74 Å². The van der Waals surface area contributed by atoms with E-state index in [1.165, 1.54) is 5.01 Å². The number of thiazole rings is 1. The average Bonchev–Trinajstić information content (AvgIpc) is 3.08. The lowest BCUT2D eigenvalue weighted by molar-refractivity contribution is -0.00833. The molecule has 2 heterocycles. The molecule has 1 aromatic rings. The van der Waals surface area contributed by atoms with Gasteiger partial charge < -0.3 is 15.4 Å².